The number of aliphatic hydroxyl groups is 1. The summed E-state index contributed by atoms with van der Waals surface area (Å²) < 4.78 is 0. The molecule has 16 heavy (non-hydrogen) atoms. The van der Waals surface area contributed by atoms with Gasteiger partial charge in [0.2, 0.25) is 5.91 Å². The van der Waals surface area contributed by atoms with Crippen LogP contribution in [-0.4, -0.2) is 40.8 Å². The standard InChI is InChI=1S/C10H20N2O4/c1-10(2,3)7(11)8(14)12-5-4-6(13)9(15)16/h6-7,13H,4-5,11H2,1-3H3,(H,12,14)(H,15,16). The minimum absolute atomic E-state index is 0.0298. The average molecular weight is 232 g/mol. The number of carboxylic acids is 1. The summed E-state index contributed by atoms with van der Waals surface area (Å²) in [5, 5.41) is 19.8. The molecule has 0 radical (unpaired) electrons. The van der Waals surface area contributed by atoms with E-state index in [0.717, 1.165) is 0 Å². The van der Waals surface area contributed by atoms with E-state index in [1.54, 1.807) is 0 Å². The molecular formula is C10H20N2O4. The highest BCUT2D eigenvalue weighted by molar-refractivity contribution is 5.82. The van der Waals surface area contributed by atoms with Gasteiger partial charge in [-0.3, -0.25) is 4.79 Å². The van der Waals surface area contributed by atoms with Gasteiger partial charge in [-0.2, -0.15) is 0 Å². The van der Waals surface area contributed by atoms with Crippen molar-refractivity contribution in [2.75, 3.05) is 6.54 Å². The zero-order valence-electron chi connectivity index (χ0n) is 9.86. The Morgan fingerprint density at radius 3 is 2.25 bits per heavy atom. The fraction of sp³-hybridized carbons (Fsp3) is 0.800. The van der Waals surface area contributed by atoms with E-state index in [0.29, 0.717) is 0 Å². The third-order valence-corrected chi connectivity index (χ3v) is 2.22. The summed E-state index contributed by atoms with van der Waals surface area (Å²) in [6.07, 6.45) is -1.48. The number of carboxylic acid groups (broad SMARTS) is 1. The van der Waals surface area contributed by atoms with Crippen LogP contribution in [0.5, 0.6) is 0 Å². The van der Waals surface area contributed by atoms with E-state index in [1.165, 1.54) is 0 Å². The molecule has 0 rings (SSSR count). The van der Waals surface area contributed by atoms with E-state index in [9.17, 15) is 9.59 Å². The second kappa shape index (κ2) is 5.81. The Morgan fingerprint density at radius 1 is 1.38 bits per heavy atom. The Hall–Kier alpha value is -1.14. The molecule has 0 aromatic rings. The molecule has 0 spiro atoms. The minimum Gasteiger partial charge on any atom is -0.479 e. The minimum atomic E-state index is -1.45. The summed E-state index contributed by atoms with van der Waals surface area (Å²) in [5.74, 6) is -1.64. The molecule has 0 aromatic heterocycles. The number of carbonyl (C=O) groups is 2. The van der Waals surface area contributed by atoms with Gasteiger partial charge in [0.05, 0.1) is 6.04 Å². The number of carbonyl (C=O) groups excluding carboxylic acids is 1. The van der Waals surface area contributed by atoms with Crippen LogP contribution in [0.15, 0.2) is 0 Å². The maximum atomic E-state index is 11.5. The third kappa shape index (κ3) is 5.09. The molecule has 94 valence electrons. The summed E-state index contributed by atoms with van der Waals surface area (Å²) in [6.45, 7) is 5.60. The number of nitrogens with one attached hydrogen (secondary N) is 1. The molecule has 1 amide bonds. The highest BCUT2D eigenvalue weighted by Crippen LogP contribution is 2.16. The molecule has 6 nitrogen and oxygen atoms in total. The Balaban J connectivity index is 3.96. The summed E-state index contributed by atoms with van der Waals surface area (Å²) in [6, 6.07) is -0.658. The Bertz CT molecular complexity index is 260. The van der Waals surface area contributed by atoms with Crippen LogP contribution in [0.2, 0.25) is 0 Å². The lowest BCUT2D eigenvalue weighted by Crippen LogP contribution is -2.49. The zero-order valence-corrected chi connectivity index (χ0v) is 9.86. The van der Waals surface area contributed by atoms with Crippen molar-refractivity contribution in [2.24, 2.45) is 11.1 Å². The molecule has 0 heterocycles. The van der Waals surface area contributed by atoms with Crippen LogP contribution >= 0.6 is 0 Å². The molecule has 0 saturated heterocycles. The summed E-state index contributed by atoms with van der Waals surface area (Å²) in [7, 11) is 0. The Labute approximate surface area is 94.8 Å². The molecular weight excluding hydrogens is 212 g/mol. The predicted octanol–water partition coefficient (Wildman–Crippen LogP) is -0.688. The van der Waals surface area contributed by atoms with Crippen LogP contribution in [-0.2, 0) is 9.59 Å². The van der Waals surface area contributed by atoms with Gasteiger partial charge in [0.1, 0.15) is 0 Å². The number of aliphatic carboxylic acids is 1. The fourth-order valence-corrected chi connectivity index (χ4v) is 0.959. The average Bonchev–Trinajstić information content (AvgIpc) is 2.14. The lowest BCUT2D eigenvalue weighted by atomic mass is 9.87. The van der Waals surface area contributed by atoms with E-state index < -0.39 is 18.1 Å². The predicted molar refractivity (Wildman–Crippen MR) is 58.7 cm³/mol. The second-order valence-electron chi connectivity index (χ2n) is 4.78. The topological polar surface area (TPSA) is 113 Å². The van der Waals surface area contributed by atoms with Crippen molar-refractivity contribution >= 4 is 11.9 Å². The molecule has 0 aliphatic carbocycles. The molecule has 0 aromatic carbocycles. The van der Waals surface area contributed by atoms with Crippen molar-refractivity contribution in [1.29, 1.82) is 0 Å². The van der Waals surface area contributed by atoms with Gasteiger partial charge < -0.3 is 21.3 Å². The summed E-state index contributed by atoms with van der Waals surface area (Å²) in [4.78, 5) is 21.8. The van der Waals surface area contributed by atoms with Crippen molar-refractivity contribution in [3.05, 3.63) is 0 Å². The Kier molecular flexibility index (Phi) is 5.40. The number of aliphatic hydroxyl groups excluding tert-OH is 1. The quantitative estimate of drug-likeness (QED) is 0.501. The van der Waals surface area contributed by atoms with Gasteiger partial charge in [-0.15, -0.1) is 0 Å². The fourth-order valence-electron chi connectivity index (χ4n) is 0.959. The maximum Gasteiger partial charge on any atom is 0.332 e. The van der Waals surface area contributed by atoms with E-state index in [1.807, 2.05) is 20.8 Å². The van der Waals surface area contributed by atoms with Crippen molar-refractivity contribution in [1.82, 2.24) is 5.32 Å². The first-order valence-corrected chi connectivity index (χ1v) is 5.10. The highest BCUT2D eigenvalue weighted by atomic mass is 16.4. The van der Waals surface area contributed by atoms with Crippen LogP contribution < -0.4 is 11.1 Å². The first-order chi connectivity index (χ1) is 7.16. The second-order valence-corrected chi connectivity index (χ2v) is 4.78. The number of hydrogen-bond acceptors (Lipinski definition) is 4. The van der Waals surface area contributed by atoms with Crippen LogP contribution in [0.3, 0.4) is 0 Å². The number of rotatable bonds is 5. The molecule has 0 bridgehead atoms. The van der Waals surface area contributed by atoms with E-state index >= 15 is 0 Å². The van der Waals surface area contributed by atoms with Crippen molar-refractivity contribution in [2.45, 2.75) is 39.3 Å². The van der Waals surface area contributed by atoms with Gasteiger partial charge in [0.15, 0.2) is 6.10 Å². The van der Waals surface area contributed by atoms with Crippen molar-refractivity contribution < 1.29 is 19.8 Å². The van der Waals surface area contributed by atoms with Crippen LogP contribution in [0, 0.1) is 5.41 Å². The smallest absolute Gasteiger partial charge is 0.332 e. The maximum absolute atomic E-state index is 11.5. The monoisotopic (exact) mass is 232 g/mol. The highest BCUT2D eigenvalue weighted by Gasteiger charge is 2.27. The molecule has 2 unspecified atom stereocenters. The third-order valence-electron chi connectivity index (χ3n) is 2.22. The largest absolute Gasteiger partial charge is 0.479 e. The summed E-state index contributed by atoms with van der Waals surface area (Å²) in [5.41, 5.74) is 5.33. The van der Waals surface area contributed by atoms with Crippen molar-refractivity contribution in [3.8, 4) is 0 Å². The number of nitrogens with two attached hydrogens (primary N) is 1. The van der Waals surface area contributed by atoms with E-state index in [2.05, 4.69) is 5.32 Å². The van der Waals surface area contributed by atoms with E-state index in [-0.39, 0.29) is 24.3 Å². The number of hydrogen-bond donors (Lipinski definition) is 4. The van der Waals surface area contributed by atoms with Gasteiger partial charge in [-0.05, 0) is 5.41 Å². The number of amides is 1. The van der Waals surface area contributed by atoms with Crippen LogP contribution in [0.25, 0.3) is 0 Å². The molecule has 2 atom stereocenters. The van der Waals surface area contributed by atoms with Gasteiger partial charge in [0, 0.05) is 13.0 Å². The molecule has 0 aliphatic heterocycles. The van der Waals surface area contributed by atoms with Crippen molar-refractivity contribution in [3.63, 3.8) is 0 Å². The first-order valence-electron chi connectivity index (χ1n) is 5.10. The van der Waals surface area contributed by atoms with Gasteiger partial charge in [-0.1, -0.05) is 20.8 Å². The van der Waals surface area contributed by atoms with Gasteiger partial charge in [0.25, 0.3) is 0 Å². The SMILES string of the molecule is CC(C)(C)C(N)C(=O)NCCC(O)C(=O)O. The van der Waals surface area contributed by atoms with Crippen LogP contribution in [0.1, 0.15) is 27.2 Å². The van der Waals surface area contributed by atoms with Gasteiger partial charge in [-0.25, -0.2) is 4.79 Å². The van der Waals surface area contributed by atoms with E-state index in [4.69, 9.17) is 15.9 Å². The molecule has 6 heteroatoms. The van der Waals surface area contributed by atoms with Crippen LogP contribution in [0.4, 0.5) is 0 Å². The molecule has 0 fully saturated rings. The normalized spacial score (nSPS) is 15.3. The summed E-state index contributed by atoms with van der Waals surface area (Å²) >= 11 is 0. The Morgan fingerprint density at radius 2 is 1.88 bits per heavy atom. The lowest BCUT2D eigenvalue weighted by Gasteiger charge is -2.25. The molecule has 5 N–H and O–H groups in total. The molecule has 0 saturated carbocycles. The lowest BCUT2D eigenvalue weighted by molar-refractivity contribution is -0.147. The molecule has 0 aliphatic rings. The first kappa shape index (κ1) is 14.9. The van der Waals surface area contributed by atoms with Gasteiger partial charge >= 0.3 is 5.97 Å². The zero-order chi connectivity index (χ0) is 12.9.